The molecule has 1 atom stereocenters. The monoisotopic (exact) mass is 250 g/mol. The van der Waals surface area contributed by atoms with Crippen LogP contribution in [0.2, 0.25) is 0 Å². The molecule has 0 aliphatic heterocycles. The van der Waals surface area contributed by atoms with Crippen molar-refractivity contribution in [3.63, 3.8) is 0 Å². The van der Waals surface area contributed by atoms with Crippen molar-refractivity contribution in [3.05, 3.63) is 24.3 Å². The molecule has 0 aliphatic carbocycles. The van der Waals surface area contributed by atoms with Gasteiger partial charge in [-0.25, -0.2) is 4.79 Å². The minimum Gasteiger partial charge on any atom is -0.497 e. The van der Waals surface area contributed by atoms with Crippen molar-refractivity contribution < 1.29 is 9.53 Å². The molecule has 0 saturated heterocycles. The maximum absolute atomic E-state index is 11.6. The van der Waals surface area contributed by atoms with E-state index in [1.54, 1.807) is 38.3 Å². The molecule has 0 aliphatic rings. The second kappa shape index (κ2) is 6.48. The van der Waals surface area contributed by atoms with Crippen LogP contribution >= 0.6 is 0 Å². The summed E-state index contributed by atoms with van der Waals surface area (Å²) in [5.74, 6) is 0.544. The molecule has 0 fully saturated rings. The van der Waals surface area contributed by atoms with Gasteiger partial charge in [0.15, 0.2) is 0 Å². The first-order chi connectivity index (χ1) is 8.52. The first-order valence-corrected chi connectivity index (χ1v) is 5.55. The minimum atomic E-state index is -0.337. The van der Waals surface area contributed by atoms with Crippen LogP contribution in [0, 0.1) is 11.3 Å². The standard InChI is InChI=1S/C12H18N4O2/c1-8(11(13)14)7-15-12(17)16-9-4-3-5-10(6-9)18-2/h3-6,8H,7H2,1-2H3,(H3,13,14)(H2,15,16,17). The van der Waals surface area contributed by atoms with Gasteiger partial charge < -0.3 is 21.1 Å². The van der Waals surface area contributed by atoms with E-state index >= 15 is 0 Å². The number of nitrogens with two attached hydrogens (primary N) is 1. The lowest BCUT2D eigenvalue weighted by Crippen LogP contribution is -2.36. The van der Waals surface area contributed by atoms with Crippen molar-refractivity contribution in [1.82, 2.24) is 5.32 Å². The number of amides is 2. The number of hydrogen-bond donors (Lipinski definition) is 4. The maximum atomic E-state index is 11.6. The summed E-state index contributed by atoms with van der Waals surface area (Å²) in [6.07, 6.45) is 0. The molecule has 0 heterocycles. The fraction of sp³-hybridized carbons (Fsp3) is 0.333. The van der Waals surface area contributed by atoms with Crippen LogP contribution in [0.5, 0.6) is 5.75 Å². The molecule has 0 spiro atoms. The van der Waals surface area contributed by atoms with Gasteiger partial charge in [0.05, 0.1) is 12.9 Å². The van der Waals surface area contributed by atoms with Crippen LogP contribution in [-0.4, -0.2) is 25.5 Å². The molecule has 1 rings (SSSR count). The van der Waals surface area contributed by atoms with Gasteiger partial charge in [0.2, 0.25) is 0 Å². The third-order valence-electron chi connectivity index (χ3n) is 2.43. The van der Waals surface area contributed by atoms with Gasteiger partial charge in [0, 0.05) is 24.2 Å². The highest BCUT2D eigenvalue weighted by Gasteiger charge is 2.07. The quantitative estimate of drug-likeness (QED) is 0.469. The van der Waals surface area contributed by atoms with Crippen LogP contribution in [0.15, 0.2) is 24.3 Å². The highest BCUT2D eigenvalue weighted by molar-refractivity contribution is 5.90. The summed E-state index contributed by atoms with van der Waals surface area (Å²) in [6.45, 7) is 2.10. The highest BCUT2D eigenvalue weighted by atomic mass is 16.5. The zero-order valence-electron chi connectivity index (χ0n) is 10.5. The molecule has 0 saturated carbocycles. The van der Waals surface area contributed by atoms with E-state index in [-0.39, 0.29) is 17.8 Å². The highest BCUT2D eigenvalue weighted by Crippen LogP contribution is 2.16. The number of benzene rings is 1. The van der Waals surface area contributed by atoms with E-state index in [0.29, 0.717) is 18.0 Å². The van der Waals surface area contributed by atoms with Gasteiger partial charge in [-0.05, 0) is 12.1 Å². The number of carbonyl (C=O) groups excluding carboxylic acids is 1. The molecule has 0 bridgehead atoms. The van der Waals surface area contributed by atoms with Crippen molar-refractivity contribution in [2.45, 2.75) is 6.92 Å². The third-order valence-corrected chi connectivity index (χ3v) is 2.43. The molecule has 0 radical (unpaired) electrons. The predicted molar refractivity (Wildman–Crippen MR) is 71.1 cm³/mol. The summed E-state index contributed by atoms with van der Waals surface area (Å²) in [5.41, 5.74) is 5.95. The Kier molecular flexibility index (Phi) is 4.98. The van der Waals surface area contributed by atoms with Crippen LogP contribution in [0.1, 0.15) is 6.92 Å². The lowest BCUT2D eigenvalue weighted by Gasteiger charge is -2.12. The van der Waals surface area contributed by atoms with Crippen molar-refractivity contribution in [1.29, 1.82) is 5.41 Å². The van der Waals surface area contributed by atoms with Gasteiger partial charge in [-0.3, -0.25) is 5.41 Å². The Morgan fingerprint density at radius 2 is 2.28 bits per heavy atom. The van der Waals surface area contributed by atoms with Crippen molar-refractivity contribution in [3.8, 4) is 5.75 Å². The van der Waals surface area contributed by atoms with E-state index in [1.807, 2.05) is 0 Å². The van der Waals surface area contributed by atoms with Gasteiger partial charge in [0.1, 0.15) is 5.75 Å². The van der Waals surface area contributed by atoms with E-state index in [9.17, 15) is 4.79 Å². The molecule has 1 unspecified atom stereocenters. The van der Waals surface area contributed by atoms with Crippen LogP contribution in [-0.2, 0) is 0 Å². The number of methoxy groups -OCH3 is 1. The van der Waals surface area contributed by atoms with Crippen LogP contribution in [0.4, 0.5) is 10.5 Å². The zero-order valence-corrected chi connectivity index (χ0v) is 10.5. The number of anilines is 1. The number of carbonyl (C=O) groups is 1. The average Bonchev–Trinajstić information content (AvgIpc) is 2.36. The van der Waals surface area contributed by atoms with Crippen LogP contribution < -0.4 is 21.1 Å². The Morgan fingerprint density at radius 3 is 2.89 bits per heavy atom. The smallest absolute Gasteiger partial charge is 0.319 e. The van der Waals surface area contributed by atoms with Crippen LogP contribution in [0.25, 0.3) is 0 Å². The van der Waals surface area contributed by atoms with Gasteiger partial charge in [-0.2, -0.15) is 0 Å². The Labute approximate surface area is 106 Å². The first-order valence-electron chi connectivity index (χ1n) is 5.55. The largest absolute Gasteiger partial charge is 0.497 e. The Balaban J connectivity index is 2.46. The molecule has 18 heavy (non-hydrogen) atoms. The molecule has 1 aromatic rings. The number of amidine groups is 1. The molecular formula is C12H18N4O2. The van der Waals surface area contributed by atoms with Gasteiger partial charge in [0.25, 0.3) is 0 Å². The van der Waals surface area contributed by atoms with E-state index in [0.717, 1.165) is 0 Å². The normalized spacial score (nSPS) is 11.4. The van der Waals surface area contributed by atoms with Crippen molar-refractivity contribution in [2.75, 3.05) is 19.0 Å². The van der Waals surface area contributed by atoms with Gasteiger partial charge in [-0.15, -0.1) is 0 Å². The fourth-order valence-electron chi connectivity index (χ4n) is 1.23. The number of urea groups is 1. The van der Waals surface area contributed by atoms with Crippen molar-refractivity contribution >= 4 is 17.6 Å². The Bertz CT molecular complexity index is 434. The van der Waals surface area contributed by atoms with E-state index in [4.69, 9.17) is 15.9 Å². The Hall–Kier alpha value is -2.24. The summed E-state index contributed by atoms with van der Waals surface area (Å²) < 4.78 is 5.05. The summed E-state index contributed by atoms with van der Waals surface area (Å²) in [5, 5.41) is 12.5. The summed E-state index contributed by atoms with van der Waals surface area (Å²) in [4.78, 5) is 11.6. The number of rotatable bonds is 5. The lowest BCUT2D eigenvalue weighted by molar-refractivity contribution is 0.251. The molecule has 1 aromatic carbocycles. The van der Waals surface area contributed by atoms with E-state index in [2.05, 4.69) is 10.6 Å². The molecule has 5 N–H and O–H groups in total. The lowest BCUT2D eigenvalue weighted by atomic mass is 10.1. The topological polar surface area (TPSA) is 100 Å². The summed E-state index contributed by atoms with van der Waals surface area (Å²) >= 11 is 0. The zero-order chi connectivity index (χ0) is 13.5. The number of ether oxygens (including phenoxy) is 1. The average molecular weight is 250 g/mol. The minimum absolute atomic E-state index is 0.0525. The van der Waals surface area contributed by atoms with E-state index < -0.39 is 0 Å². The molecule has 0 aromatic heterocycles. The number of hydrogen-bond acceptors (Lipinski definition) is 3. The second-order valence-corrected chi connectivity index (χ2v) is 3.92. The van der Waals surface area contributed by atoms with E-state index in [1.165, 1.54) is 0 Å². The predicted octanol–water partition coefficient (Wildman–Crippen LogP) is 1.39. The number of nitrogens with one attached hydrogen (secondary N) is 3. The molecule has 6 heteroatoms. The molecule has 98 valence electrons. The maximum Gasteiger partial charge on any atom is 0.319 e. The summed E-state index contributed by atoms with van der Waals surface area (Å²) in [6, 6.07) is 6.72. The van der Waals surface area contributed by atoms with Crippen LogP contribution in [0.3, 0.4) is 0 Å². The Morgan fingerprint density at radius 1 is 1.56 bits per heavy atom. The molecule has 6 nitrogen and oxygen atoms in total. The first kappa shape index (κ1) is 13.8. The SMILES string of the molecule is COc1cccc(NC(=O)NCC(C)C(=N)N)c1. The van der Waals surface area contributed by atoms with Crippen molar-refractivity contribution in [2.24, 2.45) is 11.7 Å². The molecular weight excluding hydrogens is 232 g/mol. The summed E-state index contributed by atoms with van der Waals surface area (Å²) in [7, 11) is 1.56. The molecule has 2 amide bonds. The fourth-order valence-corrected chi connectivity index (χ4v) is 1.23. The second-order valence-electron chi connectivity index (χ2n) is 3.92. The van der Waals surface area contributed by atoms with Gasteiger partial charge in [-0.1, -0.05) is 13.0 Å². The van der Waals surface area contributed by atoms with Gasteiger partial charge >= 0.3 is 6.03 Å². The third kappa shape index (κ3) is 4.32.